The van der Waals surface area contributed by atoms with Crippen LogP contribution in [0.3, 0.4) is 0 Å². The molecule has 1 atom stereocenters. The van der Waals surface area contributed by atoms with Crippen molar-refractivity contribution in [3.8, 4) is 0 Å². The van der Waals surface area contributed by atoms with Crippen LogP contribution in [0.25, 0.3) is 0 Å². The topological polar surface area (TPSA) is 48.5 Å². The Hall–Kier alpha value is -2.24. The molecule has 0 radical (unpaired) electrons. The number of hydrogen-bond donors (Lipinski definition) is 1. The zero-order valence-corrected chi connectivity index (χ0v) is 14.3. The van der Waals surface area contributed by atoms with E-state index < -0.39 is 0 Å². The van der Waals surface area contributed by atoms with Crippen LogP contribution in [0.4, 0.5) is 0 Å². The van der Waals surface area contributed by atoms with Gasteiger partial charge in [-0.2, -0.15) is 0 Å². The Morgan fingerprint density at radius 3 is 2.88 bits per heavy atom. The second-order valence-electron chi connectivity index (χ2n) is 6.26. The average Bonchev–Trinajstić information content (AvgIpc) is 2.63. The van der Waals surface area contributed by atoms with Crippen LogP contribution in [0.2, 0.25) is 0 Å². The number of piperazine rings is 1. The minimum Gasteiger partial charge on any atom is -0.355 e. The van der Waals surface area contributed by atoms with Gasteiger partial charge in [0.05, 0.1) is 5.69 Å². The van der Waals surface area contributed by atoms with Crippen LogP contribution in [-0.2, 0) is 6.54 Å². The van der Waals surface area contributed by atoms with Crippen LogP contribution in [0.15, 0.2) is 48.7 Å². The first-order valence-corrected chi connectivity index (χ1v) is 8.32. The van der Waals surface area contributed by atoms with Crippen LogP contribution >= 0.6 is 0 Å². The van der Waals surface area contributed by atoms with Crippen molar-refractivity contribution in [3.05, 3.63) is 65.5 Å². The third kappa shape index (κ3) is 3.80. The molecule has 5 nitrogen and oxygen atoms in total. The molecule has 0 aliphatic carbocycles. The summed E-state index contributed by atoms with van der Waals surface area (Å²) in [6, 6.07) is 14.3. The highest BCUT2D eigenvalue weighted by molar-refractivity contribution is 5.94. The monoisotopic (exact) mass is 324 g/mol. The molecule has 0 saturated carbocycles. The predicted octanol–water partition coefficient (Wildman–Crippen LogP) is 1.93. The summed E-state index contributed by atoms with van der Waals surface area (Å²) in [5.41, 5.74) is 2.99. The van der Waals surface area contributed by atoms with Crippen molar-refractivity contribution >= 4 is 5.91 Å². The van der Waals surface area contributed by atoms with E-state index in [1.807, 2.05) is 36.5 Å². The molecule has 0 bridgehead atoms. The molecule has 126 valence electrons. The summed E-state index contributed by atoms with van der Waals surface area (Å²) in [5.74, 6) is -0.0411. The third-order valence-corrected chi connectivity index (χ3v) is 4.60. The van der Waals surface area contributed by atoms with Gasteiger partial charge >= 0.3 is 0 Å². The molecule has 0 spiro atoms. The molecular weight excluding hydrogens is 300 g/mol. The van der Waals surface area contributed by atoms with Gasteiger partial charge in [0.2, 0.25) is 0 Å². The summed E-state index contributed by atoms with van der Waals surface area (Å²) >= 11 is 0. The molecule has 1 fully saturated rings. The fraction of sp³-hybridized carbons (Fsp3) is 0.368. The number of hydrogen-bond acceptors (Lipinski definition) is 4. The minimum absolute atomic E-state index is 0.0411. The Balaban J connectivity index is 1.75. The maximum atomic E-state index is 11.9. The van der Waals surface area contributed by atoms with Gasteiger partial charge in [0.25, 0.3) is 5.91 Å². The molecule has 1 aliphatic rings. The van der Waals surface area contributed by atoms with Crippen LogP contribution in [-0.4, -0.2) is 54.4 Å². The lowest BCUT2D eigenvalue weighted by Gasteiger charge is -2.39. The van der Waals surface area contributed by atoms with Crippen molar-refractivity contribution in [2.75, 3.05) is 33.7 Å². The zero-order valence-electron chi connectivity index (χ0n) is 14.3. The summed E-state index contributed by atoms with van der Waals surface area (Å²) in [4.78, 5) is 21.1. The number of aromatic nitrogens is 1. The number of carbonyl (C=O) groups is 1. The summed E-state index contributed by atoms with van der Waals surface area (Å²) in [6.07, 6.45) is 1.84. The molecule has 5 heteroatoms. The van der Waals surface area contributed by atoms with E-state index in [4.69, 9.17) is 0 Å². The van der Waals surface area contributed by atoms with Crippen LogP contribution in [0.1, 0.15) is 27.7 Å². The SMILES string of the molecule is CNC(=O)c1cccc([C@@H]2CN(Cc3ccccn3)CCN2C)c1. The average molecular weight is 324 g/mol. The number of nitrogens with one attached hydrogen (secondary N) is 1. The van der Waals surface area contributed by atoms with E-state index in [0.717, 1.165) is 31.9 Å². The van der Waals surface area contributed by atoms with Crippen molar-refractivity contribution < 1.29 is 4.79 Å². The Morgan fingerprint density at radius 2 is 2.12 bits per heavy atom. The van der Waals surface area contributed by atoms with Gasteiger partial charge in [-0.05, 0) is 36.9 Å². The Labute approximate surface area is 143 Å². The quantitative estimate of drug-likeness (QED) is 0.934. The van der Waals surface area contributed by atoms with Gasteiger partial charge < -0.3 is 5.32 Å². The van der Waals surface area contributed by atoms with Crippen LogP contribution in [0.5, 0.6) is 0 Å². The van der Waals surface area contributed by atoms with Crippen molar-refractivity contribution in [1.82, 2.24) is 20.1 Å². The fourth-order valence-electron chi connectivity index (χ4n) is 3.19. The van der Waals surface area contributed by atoms with Crippen molar-refractivity contribution in [3.63, 3.8) is 0 Å². The van der Waals surface area contributed by atoms with Crippen LogP contribution in [0, 0.1) is 0 Å². The van der Waals surface area contributed by atoms with Gasteiger partial charge in [-0.1, -0.05) is 18.2 Å². The second-order valence-corrected chi connectivity index (χ2v) is 6.26. The highest BCUT2D eigenvalue weighted by Gasteiger charge is 2.26. The first-order valence-electron chi connectivity index (χ1n) is 8.32. The predicted molar refractivity (Wildman–Crippen MR) is 94.7 cm³/mol. The first kappa shape index (κ1) is 16.6. The van der Waals surface area contributed by atoms with Gasteiger partial charge in [0.15, 0.2) is 0 Å². The fourth-order valence-corrected chi connectivity index (χ4v) is 3.19. The Bertz CT molecular complexity index is 689. The molecule has 2 heterocycles. The number of carbonyl (C=O) groups excluding carboxylic acids is 1. The van der Waals surface area contributed by atoms with Crippen molar-refractivity contribution in [2.24, 2.45) is 0 Å². The highest BCUT2D eigenvalue weighted by Crippen LogP contribution is 2.25. The van der Waals surface area contributed by atoms with Gasteiger partial charge in [0, 0.05) is 51.0 Å². The summed E-state index contributed by atoms with van der Waals surface area (Å²) in [5, 5.41) is 2.69. The van der Waals surface area contributed by atoms with Gasteiger partial charge in [0.1, 0.15) is 0 Å². The molecule has 1 aromatic carbocycles. The third-order valence-electron chi connectivity index (χ3n) is 4.60. The molecule has 1 aromatic heterocycles. The van der Waals surface area contributed by atoms with Gasteiger partial charge in [-0.15, -0.1) is 0 Å². The van der Waals surface area contributed by atoms with E-state index in [2.05, 4.69) is 39.3 Å². The van der Waals surface area contributed by atoms with Gasteiger partial charge in [-0.25, -0.2) is 0 Å². The summed E-state index contributed by atoms with van der Waals surface area (Å²) in [7, 11) is 3.81. The maximum absolute atomic E-state index is 11.9. The maximum Gasteiger partial charge on any atom is 0.251 e. The van der Waals surface area contributed by atoms with E-state index in [9.17, 15) is 4.79 Å². The number of nitrogens with zero attached hydrogens (tertiary/aromatic N) is 3. The molecule has 2 aromatic rings. The van der Waals surface area contributed by atoms with Crippen molar-refractivity contribution in [1.29, 1.82) is 0 Å². The summed E-state index contributed by atoms with van der Waals surface area (Å²) < 4.78 is 0. The number of benzene rings is 1. The lowest BCUT2D eigenvalue weighted by molar-refractivity contribution is 0.0893. The summed E-state index contributed by atoms with van der Waals surface area (Å²) in [6.45, 7) is 3.82. The Morgan fingerprint density at radius 1 is 1.25 bits per heavy atom. The molecule has 0 unspecified atom stereocenters. The standard InChI is InChI=1S/C19H24N4O/c1-20-19(24)16-7-5-6-15(12-16)18-14-23(11-10-22(18)2)13-17-8-3-4-9-21-17/h3-9,12,18H,10-11,13-14H2,1-2H3,(H,20,24)/t18-/m0/s1. The zero-order chi connectivity index (χ0) is 16.9. The molecular formula is C19H24N4O. The number of pyridine rings is 1. The number of amides is 1. The normalized spacial score (nSPS) is 19.2. The van der Waals surface area contributed by atoms with E-state index in [-0.39, 0.29) is 11.9 Å². The number of rotatable bonds is 4. The molecule has 1 amide bonds. The first-order chi connectivity index (χ1) is 11.7. The second kappa shape index (κ2) is 7.55. The van der Waals surface area contributed by atoms with Crippen molar-refractivity contribution in [2.45, 2.75) is 12.6 Å². The molecule has 1 N–H and O–H groups in total. The van der Waals surface area contributed by atoms with Gasteiger partial charge in [-0.3, -0.25) is 19.6 Å². The highest BCUT2D eigenvalue weighted by atomic mass is 16.1. The lowest BCUT2D eigenvalue weighted by Crippen LogP contribution is -2.46. The van der Waals surface area contributed by atoms with E-state index in [0.29, 0.717) is 5.56 Å². The minimum atomic E-state index is -0.0411. The molecule has 1 aliphatic heterocycles. The largest absolute Gasteiger partial charge is 0.355 e. The van der Waals surface area contributed by atoms with E-state index >= 15 is 0 Å². The number of likely N-dealkylation sites (N-methyl/N-ethyl adjacent to an activating group) is 1. The van der Waals surface area contributed by atoms with E-state index in [1.54, 1.807) is 7.05 Å². The smallest absolute Gasteiger partial charge is 0.251 e. The molecule has 24 heavy (non-hydrogen) atoms. The lowest BCUT2D eigenvalue weighted by atomic mass is 10.00. The molecule has 1 saturated heterocycles. The molecule has 3 rings (SSSR count). The Kier molecular flexibility index (Phi) is 5.23. The van der Waals surface area contributed by atoms with E-state index in [1.165, 1.54) is 5.56 Å². The van der Waals surface area contributed by atoms with Crippen LogP contribution < -0.4 is 5.32 Å².